The molecule has 3 heterocycles. The highest BCUT2D eigenvalue weighted by Gasteiger charge is 2.28. The van der Waals surface area contributed by atoms with Crippen molar-refractivity contribution in [3.05, 3.63) is 29.2 Å². The predicted octanol–water partition coefficient (Wildman–Crippen LogP) is 2.80. The lowest BCUT2D eigenvalue weighted by Crippen LogP contribution is -2.40. The molecule has 0 N–H and O–H groups in total. The first-order valence-corrected chi connectivity index (χ1v) is 9.06. The van der Waals surface area contributed by atoms with Crippen LogP contribution in [0.2, 0.25) is 0 Å². The van der Waals surface area contributed by atoms with Crippen LogP contribution in [0.4, 0.5) is 0 Å². The molecule has 0 saturated carbocycles. The van der Waals surface area contributed by atoms with E-state index in [1.807, 2.05) is 18.7 Å². The number of aromatic nitrogens is 4. The molecule has 0 aliphatic carbocycles. The average molecular weight is 345 g/mol. The van der Waals surface area contributed by atoms with Crippen LogP contribution in [0.3, 0.4) is 0 Å². The van der Waals surface area contributed by atoms with Gasteiger partial charge in [0.15, 0.2) is 0 Å². The van der Waals surface area contributed by atoms with Gasteiger partial charge < -0.3 is 14.0 Å². The first kappa shape index (κ1) is 17.6. The molecule has 1 aliphatic heterocycles. The highest BCUT2D eigenvalue weighted by atomic mass is 16.5. The van der Waals surface area contributed by atoms with Crippen LogP contribution in [0, 0.1) is 13.8 Å². The standard InChI is InChI=1S/C18H27N5O2/c1-12(2)23-11-19-20-18(23)15-6-5-9-22(10-15)17(24)8-7-16-13(3)21-25-14(16)4/h11-12,15H,5-10H2,1-4H3/t15-/m1/s1. The van der Waals surface area contributed by atoms with Crippen molar-refractivity contribution in [2.24, 2.45) is 0 Å². The maximum Gasteiger partial charge on any atom is 0.222 e. The Kier molecular flexibility index (Phi) is 5.20. The zero-order valence-electron chi connectivity index (χ0n) is 15.5. The number of aryl methyl sites for hydroxylation is 2. The van der Waals surface area contributed by atoms with E-state index in [0.717, 1.165) is 48.8 Å². The Morgan fingerprint density at radius 1 is 1.40 bits per heavy atom. The van der Waals surface area contributed by atoms with Crippen LogP contribution in [-0.2, 0) is 11.2 Å². The average Bonchev–Trinajstić information content (AvgIpc) is 3.21. The molecule has 0 spiro atoms. The fourth-order valence-corrected chi connectivity index (χ4v) is 3.61. The molecule has 2 aromatic heterocycles. The molecule has 7 heteroatoms. The number of rotatable bonds is 5. The van der Waals surface area contributed by atoms with Gasteiger partial charge in [-0.25, -0.2) is 0 Å². The van der Waals surface area contributed by atoms with Crippen LogP contribution in [0.1, 0.15) is 67.9 Å². The van der Waals surface area contributed by atoms with E-state index in [1.165, 1.54) is 0 Å². The third-order valence-corrected chi connectivity index (χ3v) is 5.07. The molecule has 7 nitrogen and oxygen atoms in total. The van der Waals surface area contributed by atoms with Crippen molar-refractivity contribution in [3.8, 4) is 0 Å². The van der Waals surface area contributed by atoms with Gasteiger partial charge in [0, 0.05) is 37.0 Å². The second kappa shape index (κ2) is 7.37. The van der Waals surface area contributed by atoms with Gasteiger partial charge in [-0.05, 0) is 47.0 Å². The highest BCUT2D eigenvalue weighted by molar-refractivity contribution is 5.76. The van der Waals surface area contributed by atoms with Gasteiger partial charge >= 0.3 is 0 Å². The maximum atomic E-state index is 12.7. The van der Waals surface area contributed by atoms with Gasteiger partial charge in [-0.15, -0.1) is 10.2 Å². The van der Waals surface area contributed by atoms with Crippen LogP contribution in [0.25, 0.3) is 0 Å². The summed E-state index contributed by atoms with van der Waals surface area (Å²) in [6, 6.07) is 0.329. The molecule has 1 aliphatic rings. The van der Waals surface area contributed by atoms with E-state index in [9.17, 15) is 4.79 Å². The summed E-state index contributed by atoms with van der Waals surface area (Å²) in [7, 11) is 0. The summed E-state index contributed by atoms with van der Waals surface area (Å²) in [5, 5.41) is 12.3. The van der Waals surface area contributed by atoms with Gasteiger partial charge in [-0.1, -0.05) is 5.16 Å². The number of carbonyl (C=O) groups excluding carboxylic acids is 1. The van der Waals surface area contributed by atoms with Gasteiger partial charge in [-0.2, -0.15) is 0 Å². The summed E-state index contributed by atoms with van der Waals surface area (Å²) < 4.78 is 7.30. The van der Waals surface area contributed by atoms with Gasteiger partial charge in [0.1, 0.15) is 17.9 Å². The number of likely N-dealkylation sites (tertiary alicyclic amines) is 1. The second-order valence-corrected chi connectivity index (χ2v) is 7.17. The summed E-state index contributed by atoms with van der Waals surface area (Å²) in [5.74, 6) is 2.27. The van der Waals surface area contributed by atoms with Crippen LogP contribution < -0.4 is 0 Å². The molecule has 0 unspecified atom stereocenters. The second-order valence-electron chi connectivity index (χ2n) is 7.17. The molecule has 1 fully saturated rings. The topological polar surface area (TPSA) is 77.1 Å². The normalized spacial score (nSPS) is 18.1. The van der Waals surface area contributed by atoms with Crippen molar-refractivity contribution in [1.82, 2.24) is 24.8 Å². The van der Waals surface area contributed by atoms with Crippen LogP contribution >= 0.6 is 0 Å². The summed E-state index contributed by atoms with van der Waals surface area (Å²) in [5.41, 5.74) is 1.94. The van der Waals surface area contributed by atoms with E-state index in [4.69, 9.17) is 4.52 Å². The molecular weight excluding hydrogens is 318 g/mol. The van der Waals surface area contributed by atoms with Crippen molar-refractivity contribution in [1.29, 1.82) is 0 Å². The van der Waals surface area contributed by atoms with Crippen molar-refractivity contribution in [3.63, 3.8) is 0 Å². The summed E-state index contributed by atoms with van der Waals surface area (Å²) in [6.45, 7) is 9.63. The number of piperidine rings is 1. The van der Waals surface area contributed by atoms with Crippen LogP contribution in [0.5, 0.6) is 0 Å². The lowest BCUT2D eigenvalue weighted by molar-refractivity contribution is -0.132. The van der Waals surface area contributed by atoms with Crippen LogP contribution in [0.15, 0.2) is 10.9 Å². The van der Waals surface area contributed by atoms with E-state index in [2.05, 4.69) is 33.8 Å². The Balaban J connectivity index is 1.63. The maximum absolute atomic E-state index is 12.7. The fraction of sp³-hybridized carbons (Fsp3) is 0.667. The summed E-state index contributed by atoms with van der Waals surface area (Å²) in [4.78, 5) is 14.7. The smallest absolute Gasteiger partial charge is 0.222 e. The number of hydrogen-bond donors (Lipinski definition) is 0. The number of amides is 1. The molecule has 2 aromatic rings. The molecule has 1 saturated heterocycles. The Labute approximate surface area is 148 Å². The molecule has 25 heavy (non-hydrogen) atoms. The minimum absolute atomic E-state index is 0.195. The summed E-state index contributed by atoms with van der Waals surface area (Å²) in [6.07, 6.45) is 5.03. The Bertz CT molecular complexity index is 714. The first-order valence-electron chi connectivity index (χ1n) is 9.06. The Morgan fingerprint density at radius 2 is 2.20 bits per heavy atom. The van der Waals surface area contributed by atoms with Gasteiger partial charge in [-0.3, -0.25) is 4.79 Å². The summed E-state index contributed by atoms with van der Waals surface area (Å²) >= 11 is 0. The number of carbonyl (C=O) groups is 1. The van der Waals surface area contributed by atoms with Crippen molar-refractivity contribution >= 4 is 5.91 Å². The van der Waals surface area contributed by atoms with Crippen molar-refractivity contribution in [2.75, 3.05) is 13.1 Å². The largest absolute Gasteiger partial charge is 0.361 e. The van der Waals surface area contributed by atoms with E-state index in [1.54, 1.807) is 6.33 Å². The molecule has 3 rings (SSSR count). The third-order valence-electron chi connectivity index (χ3n) is 5.07. The molecule has 0 radical (unpaired) electrons. The number of nitrogens with zero attached hydrogens (tertiary/aromatic N) is 5. The predicted molar refractivity (Wildman–Crippen MR) is 93.3 cm³/mol. The van der Waals surface area contributed by atoms with E-state index < -0.39 is 0 Å². The minimum atomic E-state index is 0.195. The van der Waals surface area contributed by atoms with Gasteiger partial charge in [0.2, 0.25) is 5.91 Å². The molecule has 0 bridgehead atoms. The van der Waals surface area contributed by atoms with Crippen LogP contribution in [-0.4, -0.2) is 43.8 Å². The zero-order valence-corrected chi connectivity index (χ0v) is 15.5. The Hall–Kier alpha value is -2.18. The minimum Gasteiger partial charge on any atom is -0.361 e. The quantitative estimate of drug-likeness (QED) is 0.833. The number of hydrogen-bond acceptors (Lipinski definition) is 5. The molecule has 1 atom stereocenters. The van der Waals surface area contributed by atoms with E-state index in [0.29, 0.717) is 18.9 Å². The third kappa shape index (κ3) is 3.75. The van der Waals surface area contributed by atoms with Crippen molar-refractivity contribution < 1.29 is 9.32 Å². The molecule has 0 aromatic carbocycles. The lowest BCUT2D eigenvalue weighted by Gasteiger charge is -2.33. The molecular formula is C18H27N5O2. The van der Waals surface area contributed by atoms with Crippen molar-refractivity contribution in [2.45, 2.75) is 65.3 Å². The van der Waals surface area contributed by atoms with Gasteiger partial charge in [0.25, 0.3) is 0 Å². The Morgan fingerprint density at radius 3 is 2.88 bits per heavy atom. The molecule has 1 amide bonds. The molecule has 136 valence electrons. The lowest BCUT2D eigenvalue weighted by atomic mass is 9.96. The zero-order chi connectivity index (χ0) is 18.0. The van der Waals surface area contributed by atoms with Gasteiger partial charge in [0.05, 0.1) is 5.69 Å². The van der Waals surface area contributed by atoms with E-state index in [-0.39, 0.29) is 11.8 Å². The first-order chi connectivity index (χ1) is 12.0. The van der Waals surface area contributed by atoms with E-state index >= 15 is 0 Å². The monoisotopic (exact) mass is 345 g/mol. The fourth-order valence-electron chi connectivity index (χ4n) is 3.61. The SMILES string of the molecule is Cc1noc(C)c1CCC(=O)N1CCC[C@@H](c2nncn2C(C)C)C1. The highest BCUT2D eigenvalue weighted by Crippen LogP contribution is 2.27.